The molecule has 0 saturated carbocycles. The molecule has 5 heteroatoms. The first kappa shape index (κ1) is 15.1. The Kier molecular flexibility index (Phi) is 8.34. The van der Waals surface area contributed by atoms with Crippen molar-refractivity contribution in [3.05, 3.63) is 0 Å². The van der Waals surface area contributed by atoms with E-state index in [1.807, 2.05) is 6.92 Å². The van der Waals surface area contributed by atoms with E-state index in [1.165, 1.54) is 25.7 Å². The van der Waals surface area contributed by atoms with Gasteiger partial charge < -0.3 is 9.79 Å². The average molecular weight is 238 g/mol. The Morgan fingerprint density at radius 3 is 2.33 bits per heavy atom. The zero-order chi connectivity index (χ0) is 11.7. The van der Waals surface area contributed by atoms with Gasteiger partial charge >= 0.3 is 7.82 Å². The van der Waals surface area contributed by atoms with Gasteiger partial charge in [-0.3, -0.25) is 4.52 Å². The highest BCUT2D eigenvalue weighted by Gasteiger charge is 2.15. The SMILES string of the molecule is CCCCCCCC(C)COP(=O)(O)O. The molecule has 0 amide bonds. The van der Waals surface area contributed by atoms with Crippen LogP contribution in [0.15, 0.2) is 0 Å². The van der Waals surface area contributed by atoms with Crippen molar-refractivity contribution in [2.24, 2.45) is 5.92 Å². The van der Waals surface area contributed by atoms with E-state index >= 15 is 0 Å². The van der Waals surface area contributed by atoms with Crippen LogP contribution in [-0.2, 0) is 9.09 Å². The van der Waals surface area contributed by atoms with E-state index in [-0.39, 0.29) is 12.5 Å². The third-order valence-corrected chi connectivity index (χ3v) is 2.81. The number of hydrogen-bond acceptors (Lipinski definition) is 2. The van der Waals surface area contributed by atoms with Crippen LogP contribution in [0.25, 0.3) is 0 Å². The molecule has 1 atom stereocenters. The fourth-order valence-corrected chi connectivity index (χ4v) is 1.85. The molecule has 0 radical (unpaired) electrons. The Balaban J connectivity index is 3.33. The normalized spacial score (nSPS) is 14.1. The van der Waals surface area contributed by atoms with Gasteiger partial charge in [-0.05, 0) is 12.3 Å². The van der Waals surface area contributed by atoms with Crippen LogP contribution in [0.2, 0.25) is 0 Å². The Hall–Kier alpha value is 0.110. The van der Waals surface area contributed by atoms with Crippen LogP contribution in [0.3, 0.4) is 0 Å². The standard InChI is InChI=1S/C10H23O4P/c1-3-4-5-6-7-8-10(2)9-14-15(11,12)13/h10H,3-9H2,1-2H3,(H2,11,12,13). The summed E-state index contributed by atoms with van der Waals surface area (Å²) in [7, 11) is -4.27. The molecule has 0 saturated heterocycles. The Bertz CT molecular complexity index is 190. The summed E-state index contributed by atoms with van der Waals surface area (Å²) in [4.78, 5) is 17.0. The fraction of sp³-hybridized carbons (Fsp3) is 1.00. The van der Waals surface area contributed by atoms with E-state index in [1.54, 1.807) is 0 Å². The molecule has 0 spiro atoms. The van der Waals surface area contributed by atoms with E-state index in [4.69, 9.17) is 9.79 Å². The first-order valence-electron chi connectivity index (χ1n) is 5.65. The van der Waals surface area contributed by atoms with Gasteiger partial charge in [-0.25, -0.2) is 4.57 Å². The molecule has 0 aliphatic rings. The smallest absolute Gasteiger partial charge is 0.303 e. The molecule has 0 aromatic rings. The van der Waals surface area contributed by atoms with E-state index in [0.29, 0.717) is 0 Å². The van der Waals surface area contributed by atoms with Gasteiger partial charge in [-0.1, -0.05) is 46.0 Å². The van der Waals surface area contributed by atoms with Gasteiger partial charge in [0.1, 0.15) is 0 Å². The molecule has 0 rings (SSSR count). The Morgan fingerprint density at radius 2 is 1.80 bits per heavy atom. The van der Waals surface area contributed by atoms with Crippen molar-refractivity contribution < 1.29 is 18.9 Å². The second kappa shape index (κ2) is 8.28. The Morgan fingerprint density at radius 1 is 1.20 bits per heavy atom. The number of phosphoric acid groups is 1. The predicted molar refractivity (Wildman–Crippen MR) is 60.5 cm³/mol. The highest BCUT2D eigenvalue weighted by Crippen LogP contribution is 2.36. The van der Waals surface area contributed by atoms with Crippen LogP contribution in [0.4, 0.5) is 0 Å². The van der Waals surface area contributed by atoms with Crippen molar-refractivity contribution in [2.45, 2.75) is 52.4 Å². The minimum Gasteiger partial charge on any atom is -0.303 e. The van der Waals surface area contributed by atoms with Crippen LogP contribution in [0.5, 0.6) is 0 Å². The zero-order valence-electron chi connectivity index (χ0n) is 9.69. The number of unbranched alkanes of at least 4 members (excludes halogenated alkanes) is 4. The highest BCUT2D eigenvalue weighted by molar-refractivity contribution is 7.46. The minimum absolute atomic E-state index is 0.151. The lowest BCUT2D eigenvalue weighted by molar-refractivity contribution is 0.168. The summed E-state index contributed by atoms with van der Waals surface area (Å²) >= 11 is 0. The summed E-state index contributed by atoms with van der Waals surface area (Å²) in [5.74, 6) is 0.222. The van der Waals surface area contributed by atoms with Crippen LogP contribution >= 0.6 is 7.82 Å². The molecule has 15 heavy (non-hydrogen) atoms. The summed E-state index contributed by atoms with van der Waals surface area (Å²) < 4.78 is 14.9. The van der Waals surface area contributed by atoms with Crippen molar-refractivity contribution >= 4 is 7.82 Å². The molecular formula is C10H23O4P. The maximum Gasteiger partial charge on any atom is 0.469 e. The van der Waals surface area contributed by atoms with Crippen LogP contribution in [0, 0.1) is 5.92 Å². The first-order chi connectivity index (χ1) is 6.95. The maximum atomic E-state index is 10.4. The summed E-state index contributed by atoms with van der Waals surface area (Å²) in [6.07, 6.45) is 7.05. The lowest BCUT2D eigenvalue weighted by atomic mass is 10.0. The average Bonchev–Trinajstić information content (AvgIpc) is 2.13. The second-order valence-electron chi connectivity index (χ2n) is 4.09. The molecule has 4 nitrogen and oxygen atoms in total. The lowest BCUT2D eigenvalue weighted by Gasteiger charge is -2.12. The van der Waals surface area contributed by atoms with Gasteiger partial charge in [-0.15, -0.1) is 0 Å². The third-order valence-electron chi connectivity index (χ3n) is 2.33. The third kappa shape index (κ3) is 12.0. The molecule has 0 bridgehead atoms. The molecule has 0 aromatic carbocycles. The summed E-state index contributed by atoms with van der Waals surface area (Å²) in [5.41, 5.74) is 0. The predicted octanol–water partition coefficient (Wildman–Crippen LogP) is 3.09. The molecule has 0 aliphatic heterocycles. The van der Waals surface area contributed by atoms with Gasteiger partial charge in [0.2, 0.25) is 0 Å². The first-order valence-corrected chi connectivity index (χ1v) is 7.19. The minimum atomic E-state index is -4.27. The second-order valence-corrected chi connectivity index (χ2v) is 5.33. The molecule has 1 unspecified atom stereocenters. The van der Waals surface area contributed by atoms with Crippen LogP contribution in [0.1, 0.15) is 52.4 Å². The van der Waals surface area contributed by atoms with E-state index in [2.05, 4.69) is 11.4 Å². The van der Waals surface area contributed by atoms with E-state index in [0.717, 1.165) is 12.8 Å². The summed E-state index contributed by atoms with van der Waals surface area (Å²) in [6, 6.07) is 0. The van der Waals surface area contributed by atoms with Crippen molar-refractivity contribution in [1.82, 2.24) is 0 Å². The number of phosphoric ester groups is 1. The molecule has 0 heterocycles. The van der Waals surface area contributed by atoms with E-state index < -0.39 is 7.82 Å². The largest absolute Gasteiger partial charge is 0.469 e. The van der Waals surface area contributed by atoms with E-state index in [9.17, 15) is 4.57 Å². The summed E-state index contributed by atoms with van der Waals surface area (Å²) in [5, 5.41) is 0. The molecule has 0 aliphatic carbocycles. The van der Waals surface area contributed by atoms with Gasteiger partial charge in [0.15, 0.2) is 0 Å². The van der Waals surface area contributed by atoms with Gasteiger partial charge in [0.05, 0.1) is 6.61 Å². The highest BCUT2D eigenvalue weighted by atomic mass is 31.2. The van der Waals surface area contributed by atoms with Gasteiger partial charge in [-0.2, -0.15) is 0 Å². The monoisotopic (exact) mass is 238 g/mol. The quantitative estimate of drug-likeness (QED) is 0.478. The van der Waals surface area contributed by atoms with Crippen LogP contribution < -0.4 is 0 Å². The van der Waals surface area contributed by atoms with Crippen molar-refractivity contribution in [3.63, 3.8) is 0 Å². The Labute approximate surface area is 92.3 Å². The topological polar surface area (TPSA) is 66.8 Å². The lowest BCUT2D eigenvalue weighted by Crippen LogP contribution is -2.04. The van der Waals surface area contributed by atoms with Gasteiger partial charge in [0, 0.05) is 0 Å². The van der Waals surface area contributed by atoms with Crippen LogP contribution in [-0.4, -0.2) is 16.4 Å². The fourth-order valence-electron chi connectivity index (χ4n) is 1.40. The molecule has 0 fully saturated rings. The summed E-state index contributed by atoms with van der Waals surface area (Å²) in [6.45, 7) is 4.28. The number of rotatable bonds is 9. The van der Waals surface area contributed by atoms with Gasteiger partial charge in [0.25, 0.3) is 0 Å². The van der Waals surface area contributed by atoms with Crippen molar-refractivity contribution in [1.29, 1.82) is 0 Å². The number of hydrogen-bond donors (Lipinski definition) is 2. The van der Waals surface area contributed by atoms with Crippen molar-refractivity contribution in [3.8, 4) is 0 Å². The molecular weight excluding hydrogens is 215 g/mol. The zero-order valence-corrected chi connectivity index (χ0v) is 10.6. The molecule has 2 N–H and O–H groups in total. The molecule has 0 aromatic heterocycles. The van der Waals surface area contributed by atoms with Crippen molar-refractivity contribution in [2.75, 3.05) is 6.61 Å². The molecule has 92 valence electrons. The maximum absolute atomic E-state index is 10.4.